The van der Waals surface area contributed by atoms with Crippen molar-refractivity contribution in [1.82, 2.24) is 20.1 Å². The number of hydrogen-bond donors (Lipinski definition) is 2. The average molecular weight is 361 g/mol. The molecule has 24 heavy (non-hydrogen) atoms. The molecule has 0 spiro atoms. The third-order valence-electron chi connectivity index (χ3n) is 6.26. The summed E-state index contributed by atoms with van der Waals surface area (Å²) in [6, 6.07) is 4.03. The molecular weight excluding hydrogens is 340 g/mol. The van der Waals surface area contributed by atoms with Gasteiger partial charge in [-0.05, 0) is 73.5 Å². The summed E-state index contributed by atoms with van der Waals surface area (Å²) < 4.78 is 2.33. The molecule has 2 N–H and O–H groups in total. The maximum absolute atomic E-state index is 12.8. The number of thiophene rings is 1. The van der Waals surface area contributed by atoms with Crippen molar-refractivity contribution in [2.24, 2.45) is 23.7 Å². The molecule has 5 nitrogen and oxygen atoms in total. The summed E-state index contributed by atoms with van der Waals surface area (Å²) in [5.74, 6) is 4.01. The van der Waals surface area contributed by atoms with Crippen LogP contribution in [0.5, 0.6) is 0 Å². The summed E-state index contributed by atoms with van der Waals surface area (Å²) in [7, 11) is 0. The minimum atomic E-state index is -0.354. The first-order chi connectivity index (χ1) is 11.6. The Labute approximate surface area is 149 Å². The minimum Gasteiger partial charge on any atom is -0.351 e. The lowest BCUT2D eigenvalue weighted by Gasteiger charge is -2.17. The highest BCUT2D eigenvalue weighted by atomic mass is 32.1. The van der Waals surface area contributed by atoms with E-state index < -0.39 is 0 Å². The number of hydrogen-bond acceptors (Lipinski definition) is 4. The molecule has 3 saturated carbocycles. The van der Waals surface area contributed by atoms with Gasteiger partial charge in [0.05, 0.1) is 4.88 Å². The molecule has 1 unspecified atom stereocenters. The van der Waals surface area contributed by atoms with Gasteiger partial charge >= 0.3 is 0 Å². The Bertz CT molecular complexity index is 823. The second-order valence-electron chi connectivity index (χ2n) is 7.40. The van der Waals surface area contributed by atoms with E-state index in [0.717, 1.165) is 34.4 Å². The molecule has 3 aliphatic carbocycles. The molecule has 2 aromatic rings. The number of fused-ring (bicyclic) bond motifs is 5. The highest BCUT2D eigenvalue weighted by Crippen LogP contribution is 2.65. The van der Waals surface area contributed by atoms with Gasteiger partial charge in [0.25, 0.3) is 0 Å². The van der Waals surface area contributed by atoms with Crippen LogP contribution in [0.25, 0.3) is 10.7 Å². The van der Waals surface area contributed by atoms with E-state index in [9.17, 15) is 4.79 Å². The van der Waals surface area contributed by atoms with Crippen molar-refractivity contribution < 1.29 is 4.79 Å². The lowest BCUT2D eigenvalue weighted by Crippen LogP contribution is -2.35. The largest absolute Gasteiger partial charge is 0.351 e. The normalized spacial score (nSPS) is 34.1. The van der Waals surface area contributed by atoms with Crippen molar-refractivity contribution in [2.75, 3.05) is 0 Å². The van der Waals surface area contributed by atoms with E-state index in [0.29, 0.717) is 10.8 Å². The van der Waals surface area contributed by atoms with Crippen molar-refractivity contribution in [1.29, 1.82) is 0 Å². The lowest BCUT2D eigenvalue weighted by atomic mass is 10.0. The van der Waals surface area contributed by atoms with Crippen molar-refractivity contribution in [3.05, 3.63) is 22.3 Å². The summed E-state index contributed by atoms with van der Waals surface area (Å²) in [6.45, 7) is 1.91. The second kappa shape index (κ2) is 5.26. The number of rotatable bonds is 4. The van der Waals surface area contributed by atoms with Crippen molar-refractivity contribution in [3.63, 3.8) is 0 Å². The average Bonchev–Trinajstić information content (AvgIpc) is 3.12. The first kappa shape index (κ1) is 14.8. The molecule has 2 aromatic heterocycles. The van der Waals surface area contributed by atoms with Gasteiger partial charge in [-0.2, -0.15) is 5.10 Å². The molecule has 2 heterocycles. The molecule has 2 bridgehead atoms. The van der Waals surface area contributed by atoms with E-state index >= 15 is 0 Å². The number of amides is 1. The topological polar surface area (TPSA) is 62.7 Å². The smallest absolute Gasteiger partial charge is 0.243 e. The third-order valence-corrected chi connectivity index (χ3v) is 7.41. The van der Waals surface area contributed by atoms with Gasteiger partial charge in [0.1, 0.15) is 6.04 Å². The van der Waals surface area contributed by atoms with Crippen LogP contribution in [0.1, 0.15) is 32.2 Å². The Morgan fingerprint density at radius 3 is 2.88 bits per heavy atom. The Kier molecular flexibility index (Phi) is 3.25. The maximum Gasteiger partial charge on any atom is 0.243 e. The van der Waals surface area contributed by atoms with E-state index in [4.69, 9.17) is 12.2 Å². The number of aromatic nitrogens is 3. The Morgan fingerprint density at radius 1 is 1.46 bits per heavy atom. The molecule has 3 fully saturated rings. The number of carbonyl (C=O) groups is 1. The second-order valence-corrected chi connectivity index (χ2v) is 8.73. The number of carbonyl (C=O) groups excluding carboxylic acids is 1. The first-order valence-corrected chi connectivity index (χ1v) is 9.95. The predicted molar refractivity (Wildman–Crippen MR) is 95.2 cm³/mol. The molecule has 0 aliphatic heterocycles. The van der Waals surface area contributed by atoms with Crippen LogP contribution in [-0.2, 0) is 4.79 Å². The standard InChI is InChI=1S/C17H20N4OS2/c1-8(21-15(19-20-17(21)23)11-3-2-6-24-11)16(22)18-14-12-9-4-5-10(7-9)13(12)14/h2-3,6,8-10,12-14H,4-5,7H2,1H3,(H,18,22)(H,20,23)/t8-,9-,10-,12-,13+,14?/m0/s1. The zero-order chi connectivity index (χ0) is 16.4. The first-order valence-electron chi connectivity index (χ1n) is 8.66. The van der Waals surface area contributed by atoms with Crippen LogP contribution in [0.3, 0.4) is 0 Å². The van der Waals surface area contributed by atoms with Crippen LogP contribution in [0.4, 0.5) is 0 Å². The molecule has 0 saturated heterocycles. The van der Waals surface area contributed by atoms with Crippen molar-refractivity contribution >= 4 is 29.5 Å². The van der Waals surface area contributed by atoms with E-state index in [1.165, 1.54) is 19.3 Å². The van der Waals surface area contributed by atoms with Gasteiger partial charge in [0.15, 0.2) is 10.6 Å². The maximum atomic E-state index is 12.8. The summed E-state index contributed by atoms with van der Waals surface area (Å²) in [6.07, 6.45) is 4.12. The van der Waals surface area contributed by atoms with Crippen LogP contribution in [0.15, 0.2) is 17.5 Å². The summed E-state index contributed by atoms with van der Waals surface area (Å²) in [5.41, 5.74) is 0. The van der Waals surface area contributed by atoms with Gasteiger partial charge in [-0.3, -0.25) is 14.5 Å². The van der Waals surface area contributed by atoms with Crippen molar-refractivity contribution in [2.45, 2.75) is 38.3 Å². The van der Waals surface area contributed by atoms with Crippen LogP contribution in [0.2, 0.25) is 0 Å². The molecule has 1 amide bonds. The number of H-pyrrole nitrogens is 1. The Hall–Kier alpha value is -1.47. The Morgan fingerprint density at radius 2 is 2.21 bits per heavy atom. The summed E-state index contributed by atoms with van der Waals surface area (Å²) >= 11 is 6.97. The monoisotopic (exact) mass is 360 g/mol. The van der Waals surface area contributed by atoms with Crippen LogP contribution >= 0.6 is 23.6 Å². The molecular formula is C17H20N4OS2. The van der Waals surface area contributed by atoms with Crippen molar-refractivity contribution in [3.8, 4) is 10.7 Å². The predicted octanol–water partition coefficient (Wildman–Crippen LogP) is 3.39. The van der Waals surface area contributed by atoms with E-state index in [2.05, 4.69) is 15.5 Å². The molecule has 5 rings (SSSR count). The quantitative estimate of drug-likeness (QED) is 0.822. The molecule has 0 radical (unpaired) electrons. The van der Waals surface area contributed by atoms with Gasteiger partial charge in [0, 0.05) is 6.04 Å². The molecule has 6 atom stereocenters. The van der Waals surface area contributed by atoms with E-state index in [1.807, 2.05) is 29.0 Å². The van der Waals surface area contributed by atoms with Crippen LogP contribution < -0.4 is 5.32 Å². The SMILES string of the molecule is C[C@@H](C(=O)NC1[C@@H]2[C@H]3CC[C@@H](C3)[C@H]12)n1c(-c2cccs2)n[nH]c1=S. The number of nitrogens with zero attached hydrogens (tertiary/aromatic N) is 2. The van der Waals surface area contributed by atoms with E-state index in [-0.39, 0.29) is 11.9 Å². The molecule has 3 aliphatic rings. The highest BCUT2D eigenvalue weighted by molar-refractivity contribution is 7.71. The minimum absolute atomic E-state index is 0.0594. The highest BCUT2D eigenvalue weighted by Gasteiger charge is 2.65. The zero-order valence-corrected chi connectivity index (χ0v) is 15.1. The molecule has 126 valence electrons. The van der Waals surface area contributed by atoms with Gasteiger partial charge in [-0.25, -0.2) is 0 Å². The fourth-order valence-electron chi connectivity index (χ4n) is 5.16. The fourth-order valence-corrected chi connectivity index (χ4v) is 6.16. The zero-order valence-electron chi connectivity index (χ0n) is 13.4. The molecule has 7 heteroatoms. The van der Waals surface area contributed by atoms with Crippen LogP contribution in [0, 0.1) is 28.4 Å². The number of aromatic amines is 1. The lowest BCUT2D eigenvalue weighted by molar-refractivity contribution is -0.124. The van der Waals surface area contributed by atoms with E-state index in [1.54, 1.807) is 11.3 Å². The van der Waals surface area contributed by atoms with Gasteiger partial charge in [0.2, 0.25) is 5.91 Å². The third kappa shape index (κ3) is 2.07. The van der Waals surface area contributed by atoms with Gasteiger partial charge in [-0.15, -0.1) is 11.3 Å². The summed E-state index contributed by atoms with van der Waals surface area (Å²) in [4.78, 5) is 13.8. The molecule has 0 aromatic carbocycles. The van der Waals surface area contributed by atoms with Crippen LogP contribution in [-0.4, -0.2) is 26.7 Å². The number of nitrogens with one attached hydrogen (secondary N) is 2. The van der Waals surface area contributed by atoms with Gasteiger partial charge in [-0.1, -0.05) is 6.07 Å². The Balaban J connectivity index is 1.36. The van der Waals surface area contributed by atoms with Gasteiger partial charge < -0.3 is 5.32 Å². The fraction of sp³-hybridized carbons (Fsp3) is 0.588. The summed E-state index contributed by atoms with van der Waals surface area (Å²) in [5, 5.41) is 12.5.